The Morgan fingerprint density at radius 2 is 1.56 bits per heavy atom. The molecular weight excluding hydrogens is 254 g/mol. The third-order valence-corrected chi connectivity index (χ3v) is 3.29. The van der Waals surface area contributed by atoms with Crippen molar-refractivity contribution in [3.05, 3.63) is 59.7 Å². The highest BCUT2D eigenvalue weighted by Crippen LogP contribution is 2.28. The highest BCUT2D eigenvalue weighted by atomic mass is 32.2. The first-order valence-electron chi connectivity index (χ1n) is 5.13. The molecule has 5 heteroatoms. The molecule has 0 saturated carbocycles. The number of benzene rings is 2. The number of nitrogen functional groups attached to an aromatic ring is 1. The number of amidine groups is 1. The molecule has 0 saturated heterocycles. The van der Waals surface area contributed by atoms with E-state index in [1.165, 1.54) is 17.8 Å². The standard InChI is InChI=1S/C13H10F2N2S/c14-11-6-5-10(7-12(11)15)18-9-3-1-8(2-4-9)13(16)17/h1-7H,(H3,16,17). The van der Waals surface area contributed by atoms with Crippen LogP contribution in [0.5, 0.6) is 0 Å². The van der Waals surface area contributed by atoms with E-state index in [2.05, 4.69) is 0 Å². The van der Waals surface area contributed by atoms with Crippen LogP contribution in [0.2, 0.25) is 0 Å². The largest absolute Gasteiger partial charge is 0.384 e. The van der Waals surface area contributed by atoms with Crippen molar-refractivity contribution < 1.29 is 8.78 Å². The summed E-state index contributed by atoms with van der Waals surface area (Å²) in [6, 6.07) is 10.8. The van der Waals surface area contributed by atoms with Crippen LogP contribution in [0.25, 0.3) is 0 Å². The predicted octanol–water partition coefficient (Wildman–Crippen LogP) is 3.40. The molecule has 0 fully saturated rings. The van der Waals surface area contributed by atoms with Crippen LogP contribution in [0, 0.1) is 17.0 Å². The molecule has 2 nitrogen and oxygen atoms in total. The van der Waals surface area contributed by atoms with E-state index in [0.717, 1.165) is 17.0 Å². The topological polar surface area (TPSA) is 49.9 Å². The second kappa shape index (κ2) is 5.18. The summed E-state index contributed by atoms with van der Waals surface area (Å²) in [5.41, 5.74) is 5.97. The van der Waals surface area contributed by atoms with Crippen LogP contribution in [-0.4, -0.2) is 5.84 Å². The Morgan fingerprint density at radius 1 is 0.944 bits per heavy atom. The van der Waals surface area contributed by atoms with E-state index in [-0.39, 0.29) is 5.84 Å². The molecule has 92 valence electrons. The monoisotopic (exact) mass is 264 g/mol. The Bertz CT molecular complexity index is 582. The van der Waals surface area contributed by atoms with Gasteiger partial charge in [-0.3, -0.25) is 5.41 Å². The van der Waals surface area contributed by atoms with E-state index >= 15 is 0 Å². The first-order chi connectivity index (χ1) is 8.56. The first-order valence-corrected chi connectivity index (χ1v) is 5.95. The fraction of sp³-hybridized carbons (Fsp3) is 0. The van der Waals surface area contributed by atoms with Gasteiger partial charge >= 0.3 is 0 Å². The third kappa shape index (κ3) is 2.87. The van der Waals surface area contributed by atoms with Crippen LogP contribution >= 0.6 is 11.8 Å². The zero-order chi connectivity index (χ0) is 13.1. The lowest BCUT2D eigenvalue weighted by Gasteiger charge is -2.03. The van der Waals surface area contributed by atoms with E-state index in [1.54, 1.807) is 24.3 Å². The Morgan fingerprint density at radius 3 is 2.11 bits per heavy atom. The predicted molar refractivity (Wildman–Crippen MR) is 67.9 cm³/mol. The van der Waals surface area contributed by atoms with Crippen LogP contribution in [0.15, 0.2) is 52.3 Å². The lowest BCUT2D eigenvalue weighted by molar-refractivity contribution is 0.506. The molecule has 0 aliphatic heterocycles. The molecule has 0 atom stereocenters. The summed E-state index contributed by atoms with van der Waals surface area (Å²) in [5.74, 6) is -1.72. The summed E-state index contributed by atoms with van der Waals surface area (Å²) in [4.78, 5) is 1.48. The maximum Gasteiger partial charge on any atom is 0.159 e. The molecule has 0 aromatic heterocycles. The molecule has 3 N–H and O–H groups in total. The van der Waals surface area contributed by atoms with Gasteiger partial charge in [0.15, 0.2) is 11.6 Å². The van der Waals surface area contributed by atoms with Crippen molar-refractivity contribution in [3.63, 3.8) is 0 Å². The van der Waals surface area contributed by atoms with Crippen molar-refractivity contribution in [2.75, 3.05) is 0 Å². The van der Waals surface area contributed by atoms with Gasteiger partial charge in [0.2, 0.25) is 0 Å². The Hall–Kier alpha value is -1.88. The summed E-state index contributed by atoms with van der Waals surface area (Å²) >= 11 is 1.31. The highest BCUT2D eigenvalue weighted by molar-refractivity contribution is 7.99. The second-order valence-electron chi connectivity index (χ2n) is 3.62. The molecule has 0 radical (unpaired) electrons. The Kier molecular flexibility index (Phi) is 3.62. The molecule has 2 aromatic rings. The van der Waals surface area contributed by atoms with Crippen LogP contribution in [0.3, 0.4) is 0 Å². The molecule has 0 spiro atoms. The van der Waals surface area contributed by atoms with Gasteiger partial charge in [0.25, 0.3) is 0 Å². The minimum atomic E-state index is -0.861. The van der Waals surface area contributed by atoms with E-state index in [4.69, 9.17) is 11.1 Å². The molecular formula is C13H10F2N2S. The molecule has 0 unspecified atom stereocenters. The van der Waals surface area contributed by atoms with Gasteiger partial charge in [-0.15, -0.1) is 0 Å². The number of nitrogens with one attached hydrogen (secondary N) is 1. The zero-order valence-corrected chi connectivity index (χ0v) is 10.1. The van der Waals surface area contributed by atoms with Gasteiger partial charge in [0, 0.05) is 15.4 Å². The number of rotatable bonds is 3. The van der Waals surface area contributed by atoms with Crippen molar-refractivity contribution >= 4 is 17.6 Å². The zero-order valence-electron chi connectivity index (χ0n) is 9.28. The summed E-state index contributed by atoms with van der Waals surface area (Å²) in [5, 5.41) is 7.26. The van der Waals surface area contributed by atoms with Crippen molar-refractivity contribution in [1.82, 2.24) is 0 Å². The molecule has 2 aromatic carbocycles. The highest BCUT2D eigenvalue weighted by Gasteiger charge is 2.04. The maximum atomic E-state index is 13.0. The number of halogens is 2. The lowest BCUT2D eigenvalue weighted by atomic mass is 10.2. The quantitative estimate of drug-likeness (QED) is 0.659. The van der Waals surface area contributed by atoms with Crippen LogP contribution < -0.4 is 5.73 Å². The van der Waals surface area contributed by atoms with Gasteiger partial charge < -0.3 is 5.73 Å². The minimum absolute atomic E-state index is 0.000577. The molecule has 0 bridgehead atoms. The van der Waals surface area contributed by atoms with Gasteiger partial charge in [0.05, 0.1) is 0 Å². The maximum absolute atomic E-state index is 13.0. The van der Waals surface area contributed by atoms with E-state index in [1.807, 2.05) is 0 Å². The van der Waals surface area contributed by atoms with Crippen LogP contribution in [-0.2, 0) is 0 Å². The normalized spacial score (nSPS) is 10.3. The van der Waals surface area contributed by atoms with Gasteiger partial charge in [-0.2, -0.15) is 0 Å². The van der Waals surface area contributed by atoms with E-state index in [0.29, 0.717) is 10.5 Å². The van der Waals surface area contributed by atoms with Crippen LogP contribution in [0.4, 0.5) is 8.78 Å². The number of hydrogen-bond donors (Lipinski definition) is 2. The summed E-state index contributed by atoms with van der Waals surface area (Å²) in [6.45, 7) is 0. The smallest absolute Gasteiger partial charge is 0.159 e. The fourth-order valence-electron chi connectivity index (χ4n) is 1.38. The molecule has 18 heavy (non-hydrogen) atoms. The molecule has 0 aliphatic rings. The second-order valence-corrected chi connectivity index (χ2v) is 4.76. The SMILES string of the molecule is N=C(N)c1ccc(Sc2ccc(F)c(F)c2)cc1. The fourth-order valence-corrected chi connectivity index (χ4v) is 2.22. The van der Waals surface area contributed by atoms with Crippen LogP contribution in [0.1, 0.15) is 5.56 Å². The van der Waals surface area contributed by atoms with Gasteiger partial charge in [-0.1, -0.05) is 23.9 Å². The average molecular weight is 264 g/mol. The molecule has 2 rings (SSSR count). The third-order valence-electron chi connectivity index (χ3n) is 2.29. The van der Waals surface area contributed by atoms with Crippen molar-refractivity contribution in [2.24, 2.45) is 5.73 Å². The minimum Gasteiger partial charge on any atom is -0.384 e. The van der Waals surface area contributed by atoms with E-state index in [9.17, 15) is 8.78 Å². The summed E-state index contributed by atoms with van der Waals surface area (Å²) in [6.07, 6.45) is 0. The van der Waals surface area contributed by atoms with E-state index < -0.39 is 11.6 Å². The number of hydrogen-bond acceptors (Lipinski definition) is 2. The van der Waals surface area contributed by atoms with Crippen molar-refractivity contribution in [2.45, 2.75) is 9.79 Å². The summed E-state index contributed by atoms with van der Waals surface area (Å²) in [7, 11) is 0. The van der Waals surface area contributed by atoms with Gasteiger partial charge in [-0.25, -0.2) is 8.78 Å². The molecule has 0 heterocycles. The van der Waals surface area contributed by atoms with Crippen molar-refractivity contribution in [1.29, 1.82) is 5.41 Å². The first kappa shape index (κ1) is 12.6. The van der Waals surface area contributed by atoms with Crippen molar-refractivity contribution in [3.8, 4) is 0 Å². The summed E-state index contributed by atoms with van der Waals surface area (Å²) < 4.78 is 25.8. The number of nitrogens with two attached hydrogens (primary N) is 1. The Labute approximate surface area is 107 Å². The van der Waals surface area contributed by atoms with Gasteiger partial charge in [0.1, 0.15) is 5.84 Å². The molecule has 0 aliphatic carbocycles. The Balaban J connectivity index is 2.18. The van der Waals surface area contributed by atoms with Gasteiger partial charge in [-0.05, 0) is 30.3 Å². The molecule has 0 amide bonds. The lowest BCUT2D eigenvalue weighted by Crippen LogP contribution is -2.10. The average Bonchev–Trinajstić information content (AvgIpc) is 2.34.